The van der Waals surface area contributed by atoms with E-state index in [0.717, 1.165) is 23.4 Å². The monoisotopic (exact) mass is 417 g/mol. The number of hydrogen-bond donors (Lipinski definition) is 1. The number of allylic oxidation sites excluding steroid dienone is 2. The van der Waals surface area contributed by atoms with Gasteiger partial charge in [0.05, 0.1) is 11.4 Å². The molecule has 1 aromatic carbocycles. The first-order valence-electron chi connectivity index (χ1n) is 8.49. The molecule has 0 atom stereocenters. The number of carbonyl (C=O) groups is 2. The molecule has 2 amide bonds. The molecule has 0 aliphatic carbocycles. The zero-order valence-electron chi connectivity index (χ0n) is 14.8. The maximum atomic E-state index is 12.6. The first kappa shape index (κ1) is 19.9. The zero-order chi connectivity index (χ0) is 19.2. The van der Waals surface area contributed by atoms with E-state index in [1.54, 1.807) is 0 Å². The van der Waals surface area contributed by atoms with E-state index >= 15 is 0 Å². The summed E-state index contributed by atoms with van der Waals surface area (Å²) in [5.74, 6) is 0.595. The Morgan fingerprint density at radius 3 is 2.85 bits per heavy atom. The lowest BCUT2D eigenvalue weighted by Gasteiger charge is -2.13. The zero-order valence-corrected chi connectivity index (χ0v) is 17.3. The fourth-order valence-corrected chi connectivity index (χ4v) is 4.66. The maximum Gasteiger partial charge on any atom is 0.266 e. The number of thioether (sulfide) groups is 2. The highest BCUT2D eigenvalue weighted by atomic mass is 32.2. The number of aliphatic imine (C=N–C) groups is 1. The van der Waals surface area contributed by atoms with Crippen molar-refractivity contribution in [1.29, 1.82) is 0 Å². The van der Waals surface area contributed by atoms with Crippen LogP contribution in [0.15, 0.2) is 51.9 Å². The van der Waals surface area contributed by atoms with Crippen LogP contribution in [0.4, 0.5) is 0 Å². The lowest BCUT2D eigenvalue weighted by atomic mass is 10.1. The third-order valence-electron chi connectivity index (χ3n) is 3.82. The largest absolute Gasteiger partial charge is 0.305 e. The van der Waals surface area contributed by atoms with Crippen molar-refractivity contribution in [2.45, 2.75) is 13.3 Å². The third kappa shape index (κ3) is 5.54. The van der Waals surface area contributed by atoms with E-state index in [1.807, 2.05) is 49.4 Å². The first-order valence-corrected chi connectivity index (χ1v) is 10.7. The predicted molar refractivity (Wildman–Crippen MR) is 118 cm³/mol. The fourth-order valence-electron chi connectivity index (χ4n) is 2.56. The average Bonchev–Trinajstić information content (AvgIpc) is 3.23. The van der Waals surface area contributed by atoms with Crippen LogP contribution >= 0.6 is 35.7 Å². The molecule has 1 saturated heterocycles. The first-order chi connectivity index (χ1) is 13.0. The molecule has 2 heterocycles. The maximum absolute atomic E-state index is 12.6. The minimum atomic E-state index is -0.152. The summed E-state index contributed by atoms with van der Waals surface area (Å²) in [5, 5.41) is 3.42. The van der Waals surface area contributed by atoms with Gasteiger partial charge in [-0.1, -0.05) is 72.1 Å². The Morgan fingerprint density at radius 1 is 1.37 bits per heavy atom. The van der Waals surface area contributed by atoms with Crippen LogP contribution in [-0.2, 0) is 9.59 Å². The second-order valence-electron chi connectivity index (χ2n) is 5.97. The standard InChI is InChI=1S/C19H19N3O2S3/c1-13(11-14-5-3-2-4-6-14)12-15-17(24)22(19(25)27-15)9-7-16(23)21-18-20-8-10-26-18/h2-6,11-12H,7-10H2,1H3,(H,20,21,23)/b13-11+,15-12+. The molecular formula is C19H19N3O2S3. The Balaban J connectivity index is 1.59. The molecule has 2 aliphatic rings. The highest BCUT2D eigenvalue weighted by Gasteiger charge is 2.32. The summed E-state index contributed by atoms with van der Waals surface area (Å²) in [4.78, 5) is 30.9. The van der Waals surface area contributed by atoms with Crippen molar-refractivity contribution in [2.24, 2.45) is 4.99 Å². The summed E-state index contributed by atoms with van der Waals surface area (Å²) in [6.07, 6.45) is 4.05. The van der Waals surface area contributed by atoms with Gasteiger partial charge in [-0.15, -0.1) is 0 Å². The third-order valence-corrected chi connectivity index (χ3v) is 6.09. The van der Waals surface area contributed by atoms with Crippen molar-refractivity contribution >= 4 is 63.1 Å². The molecule has 8 heteroatoms. The highest BCUT2D eigenvalue weighted by molar-refractivity contribution is 8.26. The molecule has 1 aromatic rings. The van der Waals surface area contributed by atoms with Crippen LogP contribution in [0.3, 0.4) is 0 Å². The van der Waals surface area contributed by atoms with E-state index in [2.05, 4.69) is 10.3 Å². The smallest absolute Gasteiger partial charge is 0.266 e. The van der Waals surface area contributed by atoms with Crippen LogP contribution in [0.2, 0.25) is 0 Å². The van der Waals surface area contributed by atoms with E-state index in [9.17, 15) is 9.59 Å². The molecule has 0 unspecified atom stereocenters. The van der Waals surface area contributed by atoms with Gasteiger partial charge in [-0.2, -0.15) is 0 Å². The van der Waals surface area contributed by atoms with Crippen LogP contribution in [0.5, 0.6) is 0 Å². The number of benzene rings is 1. The molecule has 0 bridgehead atoms. The van der Waals surface area contributed by atoms with Crippen molar-refractivity contribution in [3.05, 3.63) is 52.4 Å². The molecule has 27 heavy (non-hydrogen) atoms. The van der Waals surface area contributed by atoms with Gasteiger partial charge in [-0.25, -0.2) is 0 Å². The summed E-state index contributed by atoms with van der Waals surface area (Å²) in [6, 6.07) is 9.92. The van der Waals surface area contributed by atoms with Gasteiger partial charge in [0.15, 0.2) is 5.17 Å². The number of nitrogens with one attached hydrogen (secondary N) is 1. The van der Waals surface area contributed by atoms with Crippen LogP contribution in [-0.4, -0.2) is 45.0 Å². The lowest BCUT2D eigenvalue weighted by Crippen LogP contribution is -2.34. The predicted octanol–water partition coefficient (Wildman–Crippen LogP) is 3.44. The number of thiocarbonyl (C=S) groups is 1. The number of carbonyl (C=O) groups excluding carboxylic acids is 2. The highest BCUT2D eigenvalue weighted by Crippen LogP contribution is 2.32. The van der Waals surface area contributed by atoms with Crippen molar-refractivity contribution in [3.63, 3.8) is 0 Å². The molecule has 140 valence electrons. The quantitative estimate of drug-likeness (QED) is 0.587. The van der Waals surface area contributed by atoms with Gasteiger partial charge in [-0.05, 0) is 24.1 Å². The normalized spacial score (nSPS) is 19.0. The summed E-state index contributed by atoms with van der Waals surface area (Å²) >= 11 is 8.12. The number of amidine groups is 1. The fraction of sp³-hybridized carbons (Fsp3) is 0.263. The Morgan fingerprint density at radius 2 is 2.15 bits per heavy atom. The topological polar surface area (TPSA) is 61.8 Å². The van der Waals surface area contributed by atoms with E-state index < -0.39 is 0 Å². The molecule has 5 nitrogen and oxygen atoms in total. The summed E-state index contributed by atoms with van der Waals surface area (Å²) in [7, 11) is 0. The Bertz CT molecular complexity index is 847. The van der Waals surface area contributed by atoms with E-state index in [4.69, 9.17) is 12.2 Å². The molecule has 0 spiro atoms. The van der Waals surface area contributed by atoms with Gasteiger partial charge in [0.2, 0.25) is 5.91 Å². The second-order valence-corrected chi connectivity index (χ2v) is 8.73. The summed E-state index contributed by atoms with van der Waals surface area (Å²) < 4.78 is 0.485. The second kappa shape index (κ2) is 9.34. The van der Waals surface area contributed by atoms with Crippen LogP contribution in [0.25, 0.3) is 6.08 Å². The molecular weight excluding hydrogens is 398 g/mol. The van der Waals surface area contributed by atoms with Crippen LogP contribution < -0.4 is 5.32 Å². The van der Waals surface area contributed by atoms with Crippen molar-refractivity contribution in [1.82, 2.24) is 10.2 Å². The molecule has 3 rings (SSSR count). The molecule has 0 radical (unpaired) electrons. The Hall–Kier alpha value is -1.90. The van der Waals surface area contributed by atoms with Gasteiger partial charge >= 0.3 is 0 Å². The van der Waals surface area contributed by atoms with Gasteiger partial charge in [0, 0.05) is 18.7 Å². The van der Waals surface area contributed by atoms with E-state index in [1.165, 1.54) is 28.4 Å². The minimum absolute atomic E-state index is 0.147. The van der Waals surface area contributed by atoms with Crippen LogP contribution in [0.1, 0.15) is 18.9 Å². The van der Waals surface area contributed by atoms with Crippen molar-refractivity contribution in [3.8, 4) is 0 Å². The van der Waals surface area contributed by atoms with Gasteiger partial charge in [0.1, 0.15) is 4.32 Å². The SMILES string of the molecule is CC(=C\c1ccccc1)/C=C1/SC(=S)N(CCC(=O)NC2=NCCS2)C1=O. The van der Waals surface area contributed by atoms with Crippen molar-refractivity contribution < 1.29 is 9.59 Å². The number of nitrogens with zero attached hydrogens (tertiary/aromatic N) is 2. The lowest BCUT2D eigenvalue weighted by molar-refractivity contribution is -0.123. The van der Waals surface area contributed by atoms with Crippen LogP contribution in [0, 0.1) is 0 Å². The van der Waals surface area contributed by atoms with Gasteiger partial charge in [-0.3, -0.25) is 19.5 Å². The number of rotatable bonds is 5. The number of amides is 2. The summed E-state index contributed by atoms with van der Waals surface area (Å²) in [5.41, 5.74) is 2.04. The molecule has 1 fully saturated rings. The molecule has 0 saturated carbocycles. The Labute approximate surface area is 172 Å². The van der Waals surface area contributed by atoms with Gasteiger partial charge in [0.25, 0.3) is 5.91 Å². The number of hydrogen-bond acceptors (Lipinski definition) is 6. The minimum Gasteiger partial charge on any atom is -0.305 e. The van der Waals surface area contributed by atoms with Crippen molar-refractivity contribution in [2.75, 3.05) is 18.8 Å². The molecule has 0 aromatic heterocycles. The van der Waals surface area contributed by atoms with E-state index in [0.29, 0.717) is 14.4 Å². The molecule has 1 N–H and O–H groups in total. The Kier molecular flexibility index (Phi) is 6.87. The average molecular weight is 418 g/mol. The summed E-state index contributed by atoms with van der Waals surface area (Å²) in [6.45, 7) is 2.95. The van der Waals surface area contributed by atoms with Gasteiger partial charge < -0.3 is 5.32 Å². The molecule has 2 aliphatic heterocycles. The van der Waals surface area contributed by atoms with E-state index in [-0.39, 0.29) is 24.8 Å².